The van der Waals surface area contributed by atoms with Crippen LogP contribution in [0, 0.1) is 5.82 Å². The summed E-state index contributed by atoms with van der Waals surface area (Å²) in [4.78, 5) is 19.8. The highest BCUT2D eigenvalue weighted by Crippen LogP contribution is 2.24. The Kier molecular flexibility index (Phi) is 7.74. The van der Waals surface area contributed by atoms with Gasteiger partial charge in [0.1, 0.15) is 12.4 Å². The van der Waals surface area contributed by atoms with Crippen molar-refractivity contribution >= 4 is 28.6 Å². The van der Waals surface area contributed by atoms with Gasteiger partial charge in [0.2, 0.25) is 0 Å². The van der Waals surface area contributed by atoms with E-state index >= 15 is 0 Å². The van der Waals surface area contributed by atoms with Crippen LogP contribution in [0.3, 0.4) is 0 Å². The zero-order valence-electron chi connectivity index (χ0n) is 20.3. The highest BCUT2D eigenvalue weighted by atomic mass is 35.5. The molecule has 1 aliphatic rings. The highest BCUT2D eigenvalue weighted by molar-refractivity contribution is 6.30. The fraction of sp³-hybridized carbons (Fsp3) is 0.276. The van der Waals surface area contributed by atoms with Crippen LogP contribution in [0.2, 0.25) is 5.02 Å². The van der Waals surface area contributed by atoms with Crippen molar-refractivity contribution in [3.05, 3.63) is 107 Å². The first kappa shape index (κ1) is 25.3. The van der Waals surface area contributed by atoms with Crippen molar-refractivity contribution < 1.29 is 19.0 Å². The fourth-order valence-electron chi connectivity index (χ4n) is 4.93. The molecule has 1 aromatic heterocycles. The number of aliphatic hydroxyl groups excluding tert-OH is 1. The van der Waals surface area contributed by atoms with E-state index in [1.807, 2.05) is 54.7 Å². The van der Waals surface area contributed by atoms with E-state index in [-0.39, 0.29) is 24.2 Å². The smallest absolute Gasteiger partial charge is 0.410 e. The number of ether oxygens (including phenoxy) is 1. The molecule has 0 saturated carbocycles. The third-order valence-electron chi connectivity index (χ3n) is 6.90. The number of para-hydroxylation sites is 1. The van der Waals surface area contributed by atoms with Gasteiger partial charge in [-0.2, -0.15) is 0 Å². The Morgan fingerprint density at radius 3 is 2.68 bits per heavy atom. The second kappa shape index (κ2) is 11.3. The molecule has 1 fully saturated rings. The van der Waals surface area contributed by atoms with E-state index < -0.39 is 18.0 Å². The molecular weight excluding hydrogens is 493 g/mol. The van der Waals surface area contributed by atoms with E-state index in [1.165, 1.54) is 11.6 Å². The van der Waals surface area contributed by atoms with Gasteiger partial charge >= 0.3 is 6.09 Å². The van der Waals surface area contributed by atoms with Crippen molar-refractivity contribution in [2.24, 2.45) is 0 Å². The Bertz CT molecular complexity index is 1360. The molecule has 2 atom stereocenters. The first-order valence-corrected chi connectivity index (χ1v) is 12.7. The zero-order chi connectivity index (χ0) is 25.8. The summed E-state index contributed by atoms with van der Waals surface area (Å²) in [6.45, 7) is 1.78. The summed E-state index contributed by atoms with van der Waals surface area (Å²) in [6.07, 6.45) is 1.55. The molecule has 37 heavy (non-hydrogen) atoms. The molecule has 1 saturated heterocycles. The van der Waals surface area contributed by atoms with Crippen molar-refractivity contribution in [3.63, 3.8) is 0 Å². The Labute approximate surface area is 220 Å². The Balaban J connectivity index is 1.30. The van der Waals surface area contributed by atoms with Gasteiger partial charge < -0.3 is 19.7 Å². The summed E-state index contributed by atoms with van der Waals surface area (Å²) in [5.41, 5.74) is 3.98. The molecule has 2 heterocycles. The van der Waals surface area contributed by atoms with Gasteiger partial charge in [-0.3, -0.25) is 4.90 Å². The maximum absolute atomic E-state index is 13.8. The Morgan fingerprint density at radius 2 is 1.86 bits per heavy atom. The summed E-state index contributed by atoms with van der Waals surface area (Å²) in [7, 11) is 0. The molecule has 6 nitrogen and oxygen atoms in total. The number of aromatic nitrogens is 1. The molecule has 3 aromatic carbocycles. The van der Waals surface area contributed by atoms with Crippen LogP contribution in [0.15, 0.2) is 79.0 Å². The van der Waals surface area contributed by atoms with Crippen molar-refractivity contribution in [1.82, 2.24) is 14.8 Å². The summed E-state index contributed by atoms with van der Waals surface area (Å²) >= 11 is 6.04. The SMILES string of the molecule is O=C(OCc1ccccc1)N1C[C@@H](O)[C@H](N(CCc2c[nH]c3ccccc23)Cc2ccc(F)c(Cl)c2)C1. The number of amides is 1. The van der Waals surface area contributed by atoms with Crippen molar-refractivity contribution in [1.29, 1.82) is 0 Å². The zero-order valence-corrected chi connectivity index (χ0v) is 21.1. The summed E-state index contributed by atoms with van der Waals surface area (Å²) in [5.74, 6) is -0.469. The molecule has 0 aliphatic carbocycles. The van der Waals surface area contributed by atoms with E-state index in [4.69, 9.17) is 16.3 Å². The van der Waals surface area contributed by atoms with Gasteiger partial charge in [0, 0.05) is 36.7 Å². The van der Waals surface area contributed by atoms with Crippen molar-refractivity contribution in [3.8, 4) is 0 Å². The van der Waals surface area contributed by atoms with Gasteiger partial charge in [0.25, 0.3) is 0 Å². The van der Waals surface area contributed by atoms with Crippen molar-refractivity contribution in [2.45, 2.75) is 31.7 Å². The summed E-state index contributed by atoms with van der Waals surface area (Å²) in [6, 6.07) is 22.0. The van der Waals surface area contributed by atoms with Gasteiger partial charge in [-0.05, 0) is 41.3 Å². The number of H-pyrrole nitrogens is 1. The van der Waals surface area contributed by atoms with Crippen LogP contribution in [-0.4, -0.2) is 57.8 Å². The number of β-amino-alcohol motifs (C(OH)–C–C–N with tert-alkyl or cyclic N) is 1. The van der Waals surface area contributed by atoms with Crippen LogP contribution < -0.4 is 0 Å². The number of hydrogen-bond donors (Lipinski definition) is 2. The quantitative estimate of drug-likeness (QED) is 0.326. The van der Waals surface area contributed by atoms with E-state index in [0.717, 1.165) is 28.5 Å². The number of nitrogens with one attached hydrogen (secondary N) is 1. The molecule has 192 valence electrons. The second-order valence-corrected chi connectivity index (χ2v) is 9.82. The van der Waals surface area contributed by atoms with E-state index in [9.17, 15) is 14.3 Å². The van der Waals surface area contributed by atoms with Crippen LogP contribution in [0.1, 0.15) is 16.7 Å². The maximum atomic E-state index is 13.8. The van der Waals surface area contributed by atoms with E-state index in [1.54, 1.807) is 17.0 Å². The topological polar surface area (TPSA) is 68.8 Å². The first-order chi connectivity index (χ1) is 18.0. The lowest BCUT2D eigenvalue weighted by atomic mass is 10.1. The molecular formula is C29H29ClFN3O3. The van der Waals surface area contributed by atoms with E-state index in [2.05, 4.69) is 16.0 Å². The molecule has 2 N–H and O–H groups in total. The average Bonchev–Trinajstić information content (AvgIpc) is 3.51. The third kappa shape index (κ3) is 5.96. The van der Waals surface area contributed by atoms with Gasteiger partial charge in [0.15, 0.2) is 0 Å². The lowest BCUT2D eigenvalue weighted by Gasteiger charge is -2.30. The molecule has 8 heteroatoms. The predicted molar refractivity (Wildman–Crippen MR) is 142 cm³/mol. The fourth-order valence-corrected chi connectivity index (χ4v) is 5.13. The van der Waals surface area contributed by atoms with Gasteiger partial charge in [-0.1, -0.05) is 66.2 Å². The third-order valence-corrected chi connectivity index (χ3v) is 7.19. The van der Waals surface area contributed by atoms with Crippen LogP contribution >= 0.6 is 11.6 Å². The van der Waals surface area contributed by atoms with Gasteiger partial charge in [0.05, 0.1) is 23.7 Å². The molecule has 0 unspecified atom stereocenters. The molecule has 5 rings (SSSR count). The van der Waals surface area contributed by atoms with Crippen molar-refractivity contribution in [2.75, 3.05) is 19.6 Å². The standard InChI is InChI=1S/C29H29ClFN3O3/c30-24-14-21(10-11-25(24)31)16-33(13-12-22-15-32-26-9-5-4-8-23(22)26)27-17-34(18-28(27)35)29(36)37-19-20-6-2-1-3-7-20/h1-11,14-15,27-28,32,35H,12-13,16-19H2/t27-,28-/m1/s1. The highest BCUT2D eigenvalue weighted by Gasteiger charge is 2.38. The Morgan fingerprint density at radius 1 is 1.08 bits per heavy atom. The molecule has 4 aromatic rings. The summed E-state index contributed by atoms with van der Waals surface area (Å²) < 4.78 is 19.3. The number of rotatable bonds is 8. The number of aromatic amines is 1. The number of halogens is 2. The van der Waals surface area contributed by atoms with Crippen LogP contribution in [-0.2, 0) is 24.3 Å². The number of aliphatic hydroxyl groups is 1. The molecule has 0 bridgehead atoms. The number of fused-ring (bicyclic) bond motifs is 1. The number of benzene rings is 3. The molecule has 0 radical (unpaired) electrons. The minimum absolute atomic E-state index is 0.0622. The van der Waals surface area contributed by atoms with E-state index in [0.29, 0.717) is 19.6 Å². The molecule has 1 amide bonds. The number of likely N-dealkylation sites (tertiary alicyclic amines) is 1. The number of carbonyl (C=O) groups is 1. The maximum Gasteiger partial charge on any atom is 0.410 e. The minimum Gasteiger partial charge on any atom is -0.445 e. The minimum atomic E-state index is -0.747. The second-order valence-electron chi connectivity index (χ2n) is 9.41. The number of hydrogen-bond acceptors (Lipinski definition) is 4. The number of carbonyl (C=O) groups excluding carboxylic acids is 1. The summed E-state index contributed by atoms with van der Waals surface area (Å²) in [5, 5.41) is 12.2. The van der Waals surface area contributed by atoms with Gasteiger partial charge in [-0.15, -0.1) is 0 Å². The van der Waals surface area contributed by atoms with Crippen LogP contribution in [0.25, 0.3) is 10.9 Å². The largest absolute Gasteiger partial charge is 0.445 e. The first-order valence-electron chi connectivity index (χ1n) is 12.3. The van der Waals surface area contributed by atoms with Crippen LogP contribution in [0.4, 0.5) is 9.18 Å². The monoisotopic (exact) mass is 521 g/mol. The molecule has 1 aliphatic heterocycles. The lowest BCUT2D eigenvalue weighted by molar-refractivity contribution is 0.0783. The predicted octanol–water partition coefficient (Wildman–Crippen LogP) is 5.39. The average molecular weight is 522 g/mol. The normalized spacial score (nSPS) is 17.6. The Hall–Kier alpha value is -3.39. The van der Waals surface area contributed by atoms with Gasteiger partial charge in [-0.25, -0.2) is 9.18 Å². The molecule has 0 spiro atoms. The van der Waals surface area contributed by atoms with Crippen LogP contribution in [0.5, 0.6) is 0 Å². The number of nitrogens with zero attached hydrogens (tertiary/aromatic N) is 2. The lowest BCUT2D eigenvalue weighted by Crippen LogP contribution is -2.44.